The first kappa shape index (κ1) is 31.2. The number of carbonyl (C=O) groups is 4. The SMILES string of the molecule is CC(C)(C)OC(=O)N[C@H](/C=C/C(=O)N1CCCC1=O)CCC(=O)NC(c1ccccc1)(c1ccccc1)c1ccccc1. The van der Waals surface area contributed by atoms with Gasteiger partial charge in [-0.3, -0.25) is 19.3 Å². The minimum atomic E-state index is -0.975. The largest absolute Gasteiger partial charge is 0.444 e. The fourth-order valence-corrected chi connectivity index (χ4v) is 5.18. The lowest BCUT2D eigenvalue weighted by Crippen LogP contribution is -2.48. The van der Waals surface area contributed by atoms with Crippen molar-refractivity contribution in [2.24, 2.45) is 0 Å². The maximum atomic E-state index is 13.8. The Morgan fingerprint density at radius 3 is 1.81 bits per heavy atom. The van der Waals surface area contributed by atoms with Crippen LogP contribution in [0.4, 0.5) is 4.79 Å². The lowest BCUT2D eigenvalue weighted by atomic mass is 9.77. The Kier molecular flexibility index (Phi) is 10.1. The van der Waals surface area contributed by atoms with Gasteiger partial charge in [0.1, 0.15) is 11.1 Å². The molecule has 0 spiro atoms. The van der Waals surface area contributed by atoms with Gasteiger partial charge in [0.25, 0.3) is 5.91 Å². The molecule has 224 valence electrons. The zero-order chi connectivity index (χ0) is 30.9. The third-order valence-corrected chi connectivity index (χ3v) is 7.14. The Hall–Kier alpha value is -4.72. The normalized spacial score (nSPS) is 14.4. The molecule has 2 N–H and O–H groups in total. The molecule has 1 atom stereocenters. The predicted molar refractivity (Wildman–Crippen MR) is 165 cm³/mol. The molecule has 4 rings (SSSR count). The molecule has 3 aromatic carbocycles. The quantitative estimate of drug-likeness (QED) is 0.244. The molecular formula is C35H39N3O5. The average molecular weight is 582 g/mol. The number of nitrogens with zero attached hydrogens (tertiary/aromatic N) is 1. The number of rotatable bonds is 10. The van der Waals surface area contributed by atoms with Crippen molar-refractivity contribution in [1.29, 1.82) is 0 Å². The van der Waals surface area contributed by atoms with Crippen molar-refractivity contribution in [1.82, 2.24) is 15.5 Å². The van der Waals surface area contributed by atoms with E-state index in [1.54, 1.807) is 20.8 Å². The molecule has 0 aromatic heterocycles. The first-order valence-corrected chi connectivity index (χ1v) is 14.6. The van der Waals surface area contributed by atoms with Gasteiger partial charge in [-0.15, -0.1) is 0 Å². The van der Waals surface area contributed by atoms with E-state index in [4.69, 9.17) is 4.74 Å². The molecule has 1 heterocycles. The number of hydrogen-bond donors (Lipinski definition) is 2. The van der Waals surface area contributed by atoms with Crippen LogP contribution in [0.1, 0.15) is 63.1 Å². The molecule has 8 heteroatoms. The molecule has 1 aliphatic heterocycles. The molecule has 3 aromatic rings. The number of imide groups is 1. The number of likely N-dealkylation sites (tertiary alicyclic amines) is 1. The summed E-state index contributed by atoms with van der Waals surface area (Å²) in [6.07, 6.45) is 3.33. The van der Waals surface area contributed by atoms with Crippen molar-refractivity contribution >= 4 is 23.8 Å². The number of nitrogens with one attached hydrogen (secondary N) is 2. The summed E-state index contributed by atoms with van der Waals surface area (Å²) in [5, 5.41) is 6.08. The van der Waals surface area contributed by atoms with Crippen molar-refractivity contribution in [3.8, 4) is 0 Å². The Bertz CT molecular complexity index is 1340. The summed E-state index contributed by atoms with van der Waals surface area (Å²) in [5.41, 5.74) is 0.977. The Morgan fingerprint density at radius 2 is 1.37 bits per heavy atom. The molecule has 1 aliphatic rings. The van der Waals surface area contributed by atoms with Gasteiger partial charge in [-0.05, 0) is 50.3 Å². The Morgan fingerprint density at radius 1 is 0.860 bits per heavy atom. The molecule has 4 amide bonds. The maximum absolute atomic E-state index is 13.8. The second-order valence-corrected chi connectivity index (χ2v) is 11.5. The van der Waals surface area contributed by atoms with E-state index in [0.717, 1.165) is 16.7 Å². The highest BCUT2D eigenvalue weighted by Crippen LogP contribution is 2.37. The third kappa shape index (κ3) is 8.19. The van der Waals surface area contributed by atoms with Crippen molar-refractivity contribution in [3.05, 3.63) is 120 Å². The van der Waals surface area contributed by atoms with Gasteiger partial charge in [-0.25, -0.2) is 4.79 Å². The van der Waals surface area contributed by atoms with Gasteiger partial charge in [-0.1, -0.05) is 97.1 Å². The minimum absolute atomic E-state index is 0.0376. The summed E-state index contributed by atoms with van der Waals surface area (Å²) in [6.45, 7) is 5.63. The highest BCUT2D eigenvalue weighted by molar-refractivity contribution is 6.02. The second-order valence-electron chi connectivity index (χ2n) is 11.5. The highest BCUT2D eigenvalue weighted by atomic mass is 16.6. The highest BCUT2D eigenvalue weighted by Gasteiger charge is 2.38. The van der Waals surface area contributed by atoms with Gasteiger partial charge in [0, 0.05) is 25.5 Å². The number of amides is 4. The number of alkyl carbamates (subject to hydrolysis) is 1. The fraction of sp³-hybridized carbons (Fsp3) is 0.314. The monoisotopic (exact) mass is 581 g/mol. The summed E-state index contributed by atoms with van der Waals surface area (Å²) < 4.78 is 5.42. The molecule has 43 heavy (non-hydrogen) atoms. The van der Waals surface area contributed by atoms with Crippen LogP contribution in [0.15, 0.2) is 103 Å². The van der Waals surface area contributed by atoms with Crippen molar-refractivity contribution in [3.63, 3.8) is 0 Å². The van der Waals surface area contributed by atoms with Gasteiger partial charge < -0.3 is 15.4 Å². The smallest absolute Gasteiger partial charge is 0.408 e. The van der Waals surface area contributed by atoms with Crippen molar-refractivity contribution in [2.75, 3.05) is 6.54 Å². The van der Waals surface area contributed by atoms with Crippen molar-refractivity contribution in [2.45, 2.75) is 63.6 Å². The van der Waals surface area contributed by atoms with Gasteiger partial charge in [0.2, 0.25) is 11.8 Å². The molecule has 1 saturated heterocycles. The van der Waals surface area contributed by atoms with Crippen LogP contribution in [0.3, 0.4) is 0 Å². The summed E-state index contributed by atoms with van der Waals surface area (Å²) in [6, 6.07) is 28.7. The van der Waals surface area contributed by atoms with Gasteiger partial charge >= 0.3 is 6.09 Å². The van der Waals surface area contributed by atoms with Crippen LogP contribution in [-0.4, -0.2) is 46.9 Å². The number of ether oxygens (including phenoxy) is 1. The van der Waals surface area contributed by atoms with E-state index in [0.29, 0.717) is 19.4 Å². The predicted octanol–water partition coefficient (Wildman–Crippen LogP) is 5.47. The van der Waals surface area contributed by atoms with Crippen LogP contribution in [-0.2, 0) is 24.7 Å². The zero-order valence-corrected chi connectivity index (χ0v) is 24.9. The van der Waals surface area contributed by atoms with E-state index in [9.17, 15) is 19.2 Å². The van der Waals surface area contributed by atoms with Crippen molar-refractivity contribution < 1.29 is 23.9 Å². The van der Waals surface area contributed by atoms with Crippen LogP contribution < -0.4 is 10.6 Å². The van der Waals surface area contributed by atoms with Gasteiger partial charge in [-0.2, -0.15) is 0 Å². The molecular weight excluding hydrogens is 542 g/mol. The lowest BCUT2D eigenvalue weighted by Gasteiger charge is -2.37. The number of benzene rings is 3. The van der Waals surface area contributed by atoms with Crippen LogP contribution in [0, 0.1) is 0 Å². The summed E-state index contributed by atoms with van der Waals surface area (Å²) in [5.74, 6) is -0.911. The number of carbonyl (C=O) groups excluding carboxylic acids is 4. The summed E-state index contributed by atoms with van der Waals surface area (Å²) >= 11 is 0. The van der Waals surface area contributed by atoms with Crippen LogP contribution in [0.5, 0.6) is 0 Å². The van der Waals surface area contributed by atoms with E-state index in [1.165, 1.54) is 17.1 Å². The molecule has 0 bridgehead atoms. The van der Waals surface area contributed by atoms with Crippen LogP contribution in [0.2, 0.25) is 0 Å². The zero-order valence-electron chi connectivity index (χ0n) is 24.9. The molecule has 0 unspecified atom stereocenters. The van der Waals surface area contributed by atoms with Crippen LogP contribution in [0.25, 0.3) is 0 Å². The standard InChI is InChI=1S/C35H39N3O5/c1-34(2,3)43-33(42)36-29(22-24-32(41)38-25-13-20-31(38)40)21-23-30(39)37-35(26-14-7-4-8-15-26,27-16-9-5-10-17-27)28-18-11-6-12-19-28/h4-12,14-19,22,24,29H,13,20-21,23,25H2,1-3H3,(H,36,42)(H,37,39)/b24-22+/t29-/m0/s1. The Labute approximate surface area is 253 Å². The number of hydrogen-bond acceptors (Lipinski definition) is 5. The first-order chi connectivity index (χ1) is 20.6. The topological polar surface area (TPSA) is 105 Å². The average Bonchev–Trinajstić information content (AvgIpc) is 3.43. The summed E-state index contributed by atoms with van der Waals surface area (Å²) in [4.78, 5) is 52.3. The van der Waals surface area contributed by atoms with E-state index in [-0.39, 0.29) is 24.7 Å². The second kappa shape index (κ2) is 14.0. The van der Waals surface area contributed by atoms with Gasteiger partial charge in [0.05, 0.1) is 6.04 Å². The minimum Gasteiger partial charge on any atom is -0.444 e. The molecule has 0 radical (unpaired) electrons. The molecule has 8 nitrogen and oxygen atoms in total. The van der Waals surface area contributed by atoms with E-state index in [1.807, 2.05) is 91.0 Å². The maximum Gasteiger partial charge on any atom is 0.408 e. The first-order valence-electron chi connectivity index (χ1n) is 14.6. The summed E-state index contributed by atoms with van der Waals surface area (Å²) in [7, 11) is 0. The van der Waals surface area contributed by atoms with Gasteiger partial charge in [0.15, 0.2) is 0 Å². The van der Waals surface area contributed by atoms with E-state index < -0.39 is 29.2 Å². The van der Waals surface area contributed by atoms with E-state index >= 15 is 0 Å². The fourth-order valence-electron chi connectivity index (χ4n) is 5.18. The molecule has 0 aliphatic carbocycles. The Balaban J connectivity index is 1.59. The molecule has 0 saturated carbocycles. The van der Waals surface area contributed by atoms with Crippen LogP contribution >= 0.6 is 0 Å². The third-order valence-electron chi connectivity index (χ3n) is 7.14. The molecule has 1 fully saturated rings. The lowest BCUT2D eigenvalue weighted by molar-refractivity contribution is -0.138. The van der Waals surface area contributed by atoms with E-state index in [2.05, 4.69) is 10.6 Å².